The molecule has 0 aliphatic carbocycles. The molecule has 1 aliphatic rings. The van der Waals surface area contributed by atoms with Gasteiger partial charge in [-0.2, -0.15) is 0 Å². The lowest BCUT2D eigenvalue weighted by Crippen LogP contribution is -2.32. The Morgan fingerprint density at radius 1 is 1.14 bits per heavy atom. The van der Waals surface area contributed by atoms with E-state index in [0.717, 1.165) is 18.8 Å². The van der Waals surface area contributed by atoms with Gasteiger partial charge in [-0.05, 0) is 57.5 Å². The second kappa shape index (κ2) is 9.06. The average Bonchev–Trinajstić information content (AvgIpc) is 2.72. The normalized spacial score (nSPS) is 16.9. The summed E-state index contributed by atoms with van der Waals surface area (Å²) in [5.41, 5.74) is 1.30. The topological polar surface area (TPSA) is 24.5 Å². The molecule has 0 radical (unpaired) electrons. The second-order valence-corrected chi connectivity index (χ2v) is 6.25. The maximum absolute atomic E-state index is 5.73. The number of hydrogen-bond acceptors (Lipinski definition) is 3. The van der Waals surface area contributed by atoms with Gasteiger partial charge in [-0.25, -0.2) is 0 Å². The molecule has 3 heteroatoms. The van der Waals surface area contributed by atoms with Crippen LogP contribution in [0.15, 0.2) is 24.3 Å². The number of hydrogen-bond donors (Lipinski definition) is 1. The van der Waals surface area contributed by atoms with Crippen LogP contribution in [0.1, 0.15) is 45.1 Å². The maximum atomic E-state index is 5.73. The summed E-state index contributed by atoms with van der Waals surface area (Å²) in [6.07, 6.45) is 5.79. The first-order chi connectivity index (χ1) is 10.2. The fraction of sp³-hybridized carbons (Fsp3) is 0.667. The highest BCUT2D eigenvalue weighted by molar-refractivity contribution is 5.28. The molecule has 1 aromatic rings. The maximum Gasteiger partial charge on any atom is 0.120 e. The molecule has 0 spiro atoms. The van der Waals surface area contributed by atoms with Gasteiger partial charge in [0.25, 0.3) is 0 Å². The molecule has 1 fully saturated rings. The van der Waals surface area contributed by atoms with Crippen LogP contribution in [0.5, 0.6) is 5.75 Å². The molecule has 0 atom stereocenters. The zero-order chi connectivity index (χ0) is 14.9. The van der Waals surface area contributed by atoms with Gasteiger partial charge in [0.1, 0.15) is 5.75 Å². The number of ether oxygens (including phenoxy) is 1. The van der Waals surface area contributed by atoms with Crippen LogP contribution in [-0.4, -0.2) is 37.2 Å². The SMILES string of the molecule is CC(C)Oc1cccc(CNCCN2CCCCCC2)c1. The van der Waals surface area contributed by atoms with Crippen molar-refractivity contribution >= 4 is 0 Å². The third-order valence-corrected chi connectivity index (χ3v) is 3.90. The van der Waals surface area contributed by atoms with Crippen LogP contribution in [0.25, 0.3) is 0 Å². The molecule has 21 heavy (non-hydrogen) atoms. The summed E-state index contributed by atoms with van der Waals surface area (Å²) < 4.78 is 5.73. The Labute approximate surface area is 129 Å². The van der Waals surface area contributed by atoms with E-state index in [2.05, 4.69) is 42.3 Å². The van der Waals surface area contributed by atoms with E-state index in [-0.39, 0.29) is 6.10 Å². The van der Waals surface area contributed by atoms with Crippen molar-refractivity contribution in [1.82, 2.24) is 10.2 Å². The Hall–Kier alpha value is -1.06. The van der Waals surface area contributed by atoms with E-state index in [0.29, 0.717) is 0 Å². The van der Waals surface area contributed by atoms with Gasteiger partial charge in [0.2, 0.25) is 0 Å². The van der Waals surface area contributed by atoms with Gasteiger partial charge < -0.3 is 15.0 Å². The molecule has 1 saturated heterocycles. The number of nitrogens with zero attached hydrogens (tertiary/aromatic N) is 1. The third-order valence-electron chi connectivity index (χ3n) is 3.90. The summed E-state index contributed by atoms with van der Waals surface area (Å²) in [6.45, 7) is 9.83. The van der Waals surface area contributed by atoms with Crippen molar-refractivity contribution in [2.24, 2.45) is 0 Å². The van der Waals surface area contributed by atoms with Crippen molar-refractivity contribution < 1.29 is 4.74 Å². The van der Waals surface area contributed by atoms with Gasteiger partial charge in [-0.15, -0.1) is 0 Å². The van der Waals surface area contributed by atoms with Crippen molar-refractivity contribution in [3.8, 4) is 5.75 Å². The Balaban J connectivity index is 1.68. The molecule has 0 amide bonds. The van der Waals surface area contributed by atoms with Crippen molar-refractivity contribution in [2.75, 3.05) is 26.2 Å². The van der Waals surface area contributed by atoms with Gasteiger partial charge >= 0.3 is 0 Å². The van der Waals surface area contributed by atoms with Crippen LogP contribution >= 0.6 is 0 Å². The highest BCUT2D eigenvalue weighted by atomic mass is 16.5. The lowest BCUT2D eigenvalue weighted by molar-refractivity contribution is 0.242. The first-order valence-corrected chi connectivity index (χ1v) is 8.43. The van der Waals surface area contributed by atoms with Crippen LogP contribution < -0.4 is 10.1 Å². The van der Waals surface area contributed by atoms with E-state index in [1.54, 1.807) is 0 Å². The van der Waals surface area contributed by atoms with Crippen molar-refractivity contribution in [2.45, 2.75) is 52.2 Å². The van der Waals surface area contributed by atoms with Crippen LogP contribution in [-0.2, 0) is 6.54 Å². The molecule has 0 bridgehead atoms. The molecule has 1 aromatic carbocycles. The van der Waals surface area contributed by atoms with Crippen molar-refractivity contribution in [3.05, 3.63) is 29.8 Å². The molecule has 0 unspecified atom stereocenters. The van der Waals surface area contributed by atoms with Crippen LogP contribution in [0.3, 0.4) is 0 Å². The zero-order valence-corrected chi connectivity index (χ0v) is 13.6. The standard InChI is InChI=1S/C18H30N2O/c1-16(2)21-18-9-7-8-17(14-18)15-19-10-13-20-11-5-3-4-6-12-20/h7-9,14,16,19H,3-6,10-13,15H2,1-2H3. The largest absolute Gasteiger partial charge is 0.491 e. The molecule has 0 aromatic heterocycles. The molecule has 3 nitrogen and oxygen atoms in total. The molecule has 118 valence electrons. The van der Waals surface area contributed by atoms with Gasteiger partial charge in [0, 0.05) is 19.6 Å². The van der Waals surface area contributed by atoms with Gasteiger partial charge in [-0.1, -0.05) is 25.0 Å². The van der Waals surface area contributed by atoms with Crippen LogP contribution in [0.2, 0.25) is 0 Å². The van der Waals surface area contributed by atoms with Crippen molar-refractivity contribution in [3.63, 3.8) is 0 Å². The summed E-state index contributed by atoms with van der Waals surface area (Å²) >= 11 is 0. The Morgan fingerprint density at radius 3 is 2.62 bits per heavy atom. The average molecular weight is 290 g/mol. The molecule has 1 aliphatic heterocycles. The van der Waals surface area contributed by atoms with E-state index in [9.17, 15) is 0 Å². The number of rotatable bonds is 7. The predicted octanol–water partition coefficient (Wildman–Crippen LogP) is 3.44. The monoisotopic (exact) mass is 290 g/mol. The quantitative estimate of drug-likeness (QED) is 0.779. The highest BCUT2D eigenvalue weighted by Gasteiger charge is 2.07. The minimum Gasteiger partial charge on any atom is -0.491 e. The smallest absolute Gasteiger partial charge is 0.120 e. The molecule has 1 heterocycles. The summed E-state index contributed by atoms with van der Waals surface area (Å²) in [6, 6.07) is 8.40. The highest BCUT2D eigenvalue weighted by Crippen LogP contribution is 2.14. The van der Waals surface area contributed by atoms with E-state index >= 15 is 0 Å². The van der Waals surface area contributed by atoms with Crippen LogP contribution in [0.4, 0.5) is 0 Å². The minimum absolute atomic E-state index is 0.233. The molecular formula is C18H30N2O. The number of benzene rings is 1. The van der Waals surface area contributed by atoms with E-state index in [1.165, 1.54) is 50.9 Å². The van der Waals surface area contributed by atoms with Gasteiger partial charge in [0.05, 0.1) is 6.10 Å². The Morgan fingerprint density at radius 2 is 1.90 bits per heavy atom. The third kappa shape index (κ3) is 6.49. The number of nitrogens with one attached hydrogen (secondary N) is 1. The fourth-order valence-electron chi connectivity index (χ4n) is 2.83. The fourth-order valence-corrected chi connectivity index (χ4v) is 2.83. The van der Waals surface area contributed by atoms with Gasteiger partial charge in [-0.3, -0.25) is 0 Å². The lowest BCUT2D eigenvalue weighted by atomic mass is 10.2. The molecular weight excluding hydrogens is 260 g/mol. The van der Waals surface area contributed by atoms with Crippen LogP contribution in [0, 0.1) is 0 Å². The van der Waals surface area contributed by atoms with E-state index < -0.39 is 0 Å². The molecule has 0 saturated carbocycles. The van der Waals surface area contributed by atoms with Crippen molar-refractivity contribution in [1.29, 1.82) is 0 Å². The minimum atomic E-state index is 0.233. The number of likely N-dealkylation sites (tertiary alicyclic amines) is 1. The second-order valence-electron chi connectivity index (χ2n) is 6.25. The predicted molar refractivity (Wildman–Crippen MR) is 88.8 cm³/mol. The summed E-state index contributed by atoms with van der Waals surface area (Å²) in [5, 5.41) is 3.55. The van der Waals surface area contributed by atoms with Gasteiger partial charge in [0.15, 0.2) is 0 Å². The van der Waals surface area contributed by atoms with E-state index in [1.807, 2.05) is 6.07 Å². The summed E-state index contributed by atoms with van der Waals surface area (Å²) in [4.78, 5) is 2.60. The first-order valence-electron chi connectivity index (χ1n) is 8.43. The summed E-state index contributed by atoms with van der Waals surface area (Å²) in [5.74, 6) is 0.969. The Bertz CT molecular complexity index is 398. The molecule has 1 N–H and O–H groups in total. The Kier molecular flexibility index (Phi) is 7.04. The van der Waals surface area contributed by atoms with E-state index in [4.69, 9.17) is 4.74 Å². The summed E-state index contributed by atoms with van der Waals surface area (Å²) in [7, 11) is 0. The molecule has 2 rings (SSSR count). The first kappa shape index (κ1) is 16.3. The lowest BCUT2D eigenvalue weighted by Gasteiger charge is -2.19. The zero-order valence-electron chi connectivity index (χ0n) is 13.6.